The minimum absolute atomic E-state index is 0.0585. The molecule has 0 aliphatic carbocycles. The van der Waals surface area contributed by atoms with Gasteiger partial charge in [0, 0.05) is 25.7 Å². The number of likely N-dealkylation sites (N-methyl/N-ethyl adjacent to an activating group) is 1. The zero-order valence-corrected chi connectivity index (χ0v) is 11.5. The first-order valence-electron chi connectivity index (χ1n) is 6.29. The Balaban J connectivity index is 3.77. The Labute approximate surface area is 105 Å². The lowest BCUT2D eigenvalue weighted by Crippen LogP contribution is -2.39. The molecular weight excluding hydrogens is 218 g/mol. The maximum atomic E-state index is 11.5. The van der Waals surface area contributed by atoms with Crippen LogP contribution in [0.3, 0.4) is 0 Å². The topological polar surface area (TPSA) is 67.6 Å². The van der Waals surface area contributed by atoms with Crippen molar-refractivity contribution in [2.24, 2.45) is 5.73 Å². The fourth-order valence-corrected chi connectivity index (χ4v) is 1.56. The first-order valence-corrected chi connectivity index (χ1v) is 6.29. The van der Waals surface area contributed by atoms with Crippen molar-refractivity contribution < 1.29 is 9.53 Å². The normalized spacial score (nSPS) is 13.1. The molecule has 0 aromatic rings. The van der Waals surface area contributed by atoms with Crippen molar-refractivity contribution in [3.05, 3.63) is 0 Å². The van der Waals surface area contributed by atoms with Gasteiger partial charge in [-0.15, -0.1) is 0 Å². The van der Waals surface area contributed by atoms with Gasteiger partial charge in [-0.05, 0) is 34.2 Å². The van der Waals surface area contributed by atoms with Gasteiger partial charge in [0.05, 0.1) is 12.6 Å². The fraction of sp³-hybridized carbons (Fsp3) is 0.917. The molecule has 0 rings (SSSR count). The van der Waals surface area contributed by atoms with Crippen molar-refractivity contribution in [1.82, 2.24) is 10.2 Å². The van der Waals surface area contributed by atoms with Crippen molar-refractivity contribution >= 4 is 5.91 Å². The molecule has 1 atom stereocenters. The molecule has 0 fully saturated rings. The average Bonchev–Trinajstić information content (AvgIpc) is 2.22. The number of amides is 1. The number of carbonyl (C=O) groups excluding carboxylic acids is 1. The van der Waals surface area contributed by atoms with E-state index in [0.717, 1.165) is 13.0 Å². The summed E-state index contributed by atoms with van der Waals surface area (Å²) >= 11 is 0. The second kappa shape index (κ2) is 9.39. The molecule has 0 heterocycles. The van der Waals surface area contributed by atoms with Gasteiger partial charge in [-0.3, -0.25) is 9.69 Å². The van der Waals surface area contributed by atoms with Crippen LogP contribution in [0.15, 0.2) is 0 Å². The molecule has 1 unspecified atom stereocenters. The number of rotatable bonds is 9. The van der Waals surface area contributed by atoms with Crippen LogP contribution in [-0.2, 0) is 9.53 Å². The summed E-state index contributed by atoms with van der Waals surface area (Å²) in [5.74, 6) is 0.0585. The van der Waals surface area contributed by atoms with Gasteiger partial charge in [0.2, 0.25) is 5.91 Å². The molecule has 0 saturated heterocycles. The van der Waals surface area contributed by atoms with E-state index in [4.69, 9.17) is 10.5 Å². The molecule has 0 aliphatic heterocycles. The minimum Gasteiger partial charge on any atom is -0.377 e. The maximum absolute atomic E-state index is 11.5. The highest BCUT2D eigenvalue weighted by Crippen LogP contribution is 1.98. The Morgan fingerprint density at radius 1 is 1.47 bits per heavy atom. The Morgan fingerprint density at radius 2 is 2.12 bits per heavy atom. The molecule has 0 aliphatic rings. The van der Waals surface area contributed by atoms with Gasteiger partial charge < -0.3 is 15.8 Å². The van der Waals surface area contributed by atoms with E-state index < -0.39 is 0 Å². The van der Waals surface area contributed by atoms with Crippen LogP contribution in [0, 0.1) is 0 Å². The lowest BCUT2D eigenvalue weighted by molar-refractivity contribution is -0.122. The number of ether oxygens (including phenoxy) is 1. The molecule has 0 spiro atoms. The summed E-state index contributed by atoms with van der Waals surface area (Å²) in [5.41, 5.74) is 5.59. The van der Waals surface area contributed by atoms with Crippen molar-refractivity contribution in [1.29, 1.82) is 0 Å². The Kier molecular flexibility index (Phi) is 9.03. The number of hydrogen-bond donors (Lipinski definition) is 2. The van der Waals surface area contributed by atoms with Gasteiger partial charge in [0.15, 0.2) is 0 Å². The summed E-state index contributed by atoms with van der Waals surface area (Å²) in [6.45, 7) is 8.31. The Bertz CT molecular complexity index is 210. The maximum Gasteiger partial charge on any atom is 0.234 e. The van der Waals surface area contributed by atoms with Crippen LogP contribution in [0.25, 0.3) is 0 Å². The molecule has 0 bridgehead atoms. The third-order valence-corrected chi connectivity index (χ3v) is 2.36. The zero-order valence-electron chi connectivity index (χ0n) is 11.5. The van der Waals surface area contributed by atoms with Crippen LogP contribution in [0.4, 0.5) is 0 Å². The largest absolute Gasteiger partial charge is 0.377 e. The molecular formula is C12H27N3O2. The summed E-state index contributed by atoms with van der Waals surface area (Å²) in [6.07, 6.45) is 0.950. The van der Waals surface area contributed by atoms with Crippen molar-refractivity contribution in [3.63, 3.8) is 0 Å². The van der Waals surface area contributed by atoms with Crippen molar-refractivity contribution in [2.75, 3.05) is 33.3 Å². The molecule has 3 N–H and O–H groups in total. The molecule has 17 heavy (non-hydrogen) atoms. The number of carbonyl (C=O) groups is 1. The van der Waals surface area contributed by atoms with E-state index in [1.165, 1.54) is 0 Å². The minimum atomic E-state index is 0.0585. The second-order valence-corrected chi connectivity index (χ2v) is 4.56. The van der Waals surface area contributed by atoms with Crippen molar-refractivity contribution in [3.8, 4) is 0 Å². The van der Waals surface area contributed by atoms with Gasteiger partial charge in [0.25, 0.3) is 0 Å². The van der Waals surface area contributed by atoms with E-state index in [9.17, 15) is 4.79 Å². The average molecular weight is 245 g/mol. The Morgan fingerprint density at radius 3 is 2.59 bits per heavy atom. The first kappa shape index (κ1) is 16.4. The van der Waals surface area contributed by atoms with Crippen LogP contribution in [0.5, 0.6) is 0 Å². The lowest BCUT2D eigenvalue weighted by atomic mass is 10.2. The Hall–Kier alpha value is -0.650. The van der Waals surface area contributed by atoms with Gasteiger partial charge in [-0.1, -0.05) is 0 Å². The third-order valence-electron chi connectivity index (χ3n) is 2.36. The number of nitrogens with zero attached hydrogens (tertiary/aromatic N) is 1. The summed E-state index contributed by atoms with van der Waals surface area (Å²) in [5, 5.41) is 2.86. The molecule has 0 radical (unpaired) electrons. The van der Waals surface area contributed by atoms with Crippen LogP contribution >= 0.6 is 0 Å². The third kappa shape index (κ3) is 9.09. The van der Waals surface area contributed by atoms with E-state index in [-0.39, 0.29) is 18.1 Å². The first-order chi connectivity index (χ1) is 7.99. The number of nitrogens with two attached hydrogens (primary N) is 1. The number of nitrogens with one attached hydrogen (secondary N) is 1. The standard InChI is InChI=1S/C12H27N3O2/c1-5-17-11(8-13)6-7-15(4)9-12(16)14-10(2)3/h10-11H,5-9,13H2,1-4H3,(H,14,16). The zero-order chi connectivity index (χ0) is 13.3. The van der Waals surface area contributed by atoms with E-state index in [2.05, 4.69) is 5.32 Å². The molecule has 0 aromatic heterocycles. The smallest absolute Gasteiger partial charge is 0.234 e. The predicted molar refractivity (Wildman–Crippen MR) is 69.9 cm³/mol. The molecule has 5 heteroatoms. The van der Waals surface area contributed by atoms with Crippen LogP contribution in [0.2, 0.25) is 0 Å². The lowest BCUT2D eigenvalue weighted by Gasteiger charge is -2.20. The van der Waals surface area contributed by atoms with E-state index in [1.807, 2.05) is 32.7 Å². The van der Waals surface area contributed by atoms with E-state index in [1.54, 1.807) is 0 Å². The van der Waals surface area contributed by atoms with E-state index >= 15 is 0 Å². The highest BCUT2D eigenvalue weighted by atomic mass is 16.5. The van der Waals surface area contributed by atoms with Gasteiger partial charge in [-0.25, -0.2) is 0 Å². The SMILES string of the molecule is CCOC(CN)CCN(C)CC(=O)NC(C)C. The molecule has 0 aromatic carbocycles. The molecule has 5 nitrogen and oxygen atoms in total. The molecule has 102 valence electrons. The van der Waals surface area contributed by atoms with Gasteiger partial charge >= 0.3 is 0 Å². The summed E-state index contributed by atoms with van der Waals surface area (Å²) in [6, 6.07) is 0.191. The van der Waals surface area contributed by atoms with Gasteiger partial charge in [0.1, 0.15) is 0 Å². The van der Waals surface area contributed by atoms with Crippen LogP contribution in [0.1, 0.15) is 27.2 Å². The highest BCUT2D eigenvalue weighted by Gasteiger charge is 2.10. The monoisotopic (exact) mass is 245 g/mol. The summed E-state index contributed by atoms with van der Waals surface area (Å²) in [4.78, 5) is 13.5. The fourth-order valence-electron chi connectivity index (χ4n) is 1.56. The van der Waals surface area contributed by atoms with Gasteiger partial charge in [-0.2, -0.15) is 0 Å². The summed E-state index contributed by atoms with van der Waals surface area (Å²) < 4.78 is 5.46. The highest BCUT2D eigenvalue weighted by molar-refractivity contribution is 5.78. The predicted octanol–water partition coefficient (Wildman–Crippen LogP) is 0.197. The molecule has 0 saturated carbocycles. The summed E-state index contributed by atoms with van der Waals surface area (Å²) in [7, 11) is 1.93. The molecule has 1 amide bonds. The number of hydrogen-bond acceptors (Lipinski definition) is 4. The second-order valence-electron chi connectivity index (χ2n) is 4.56. The quantitative estimate of drug-likeness (QED) is 0.609. The van der Waals surface area contributed by atoms with Crippen LogP contribution < -0.4 is 11.1 Å². The van der Waals surface area contributed by atoms with Crippen molar-refractivity contribution in [2.45, 2.75) is 39.3 Å². The van der Waals surface area contributed by atoms with Crippen LogP contribution in [-0.4, -0.2) is 56.2 Å². The van der Waals surface area contributed by atoms with E-state index in [0.29, 0.717) is 19.7 Å².